The minimum atomic E-state index is -0.374. The van der Waals surface area contributed by atoms with E-state index in [0.717, 1.165) is 23.5 Å². The summed E-state index contributed by atoms with van der Waals surface area (Å²) in [5.74, 6) is 0.630. The fourth-order valence-corrected chi connectivity index (χ4v) is 4.17. The number of carbonyl (C=O) groups is 1. The lowest BCUT2D eigenvalue weighted by Gasteiger charge is -2.21. The molecule has 1 amide bonds. The van der Waals surface area contributed by atoms with E-state index in [1.807, 2.05) is 18.2 Å². The Balaban J connectivity index is 1.49. The van der Waals surface area contributed by atoms with Crippen LogP contribution in [0.25, 0.3) is 11.1 Å². The van der Waals surface area contributed by atoms with E-state index in [1.54, 1.807) is 6.07 Å². The first-order valence-corrected chi connectivity index (χ1v) is 10.2. The third kappa shape index (κ3) is 5.45. The molecule has 3 rings (SSSR count). The number of primary amides is 1. The van der Waals surface area contributed by atoms with E-state index in [0.29, 0.717) is 5.56 Å². The van der Waals surface area contributed by atoms with Crippen LogP contribution in [0.2, 0.25) is 0 Å². The molecule has 2 heteroatoms. The van der Waals surface area contributed by atoms with Gasteiger partial charge in [-0.3, -0.25) is 4.79 Å². The van der Waals surface area contributed by atoms with Crippen LogP contribution in [0.3, 0.4) is 0 Å². The zero-order chi connectivity index (χ0) is 18.2. The molecular formula is C24H31NO. The van der Waals surface area contributed by atoms with Crippen molar-refractivity contribution in [1.29, 1.82) is 0 Å². The molecule has 0 bridgehead atoms. The van der Waals surface area contributed by atoms with Crippen molar-refractivity contribution >= 4 is 5.91 Å². The number of aryl methyl sites for hydroxylation is 1. The van der Waals surface area contributed by atoms with Crippen molar-refractivity contribution in [1.82, 2.24) is 0 Å². The number of nitrogens with two attached hydrogens (primary N) is 1. The first-order valence-electron chi connectivity index (χ1n) is 10.2. The van der Waals surface area contributed by atoms with Crippen LogP contribution in [-0.4, -0.2) is 5.91 Å². The highest BCUT2D eigenvalue weighted by Crippen LogP contribution is 2.28. The average molecular weight is 350 g/mol. The monoisotopic (exact) mass is 349 g/mol. The number of hydrogen-bond acceptors (Lipinski definition) is 1. The summed E-state index contributed by atoms with van der Waals surface area (Å²) in [6.07, 6.45) is 13.8. The zero-order valence-corrected chi connectivity index (χ0v) is 15.8. The molecule has 2 nitrogen and oxygen atoms in total. The molecule has 2 aromatic rings. The van der Waals surface area contributed by atoms with Gasteiger partial charge in [0.1, 0.15) is 0 Å². The highest BCUT2D eigenvalue weighted by atomic mass is 16.1. The van der Waals surface area contributed by atoms with Crippen LogP contribution < -0.4 is 5.73 Å². The Hall–Kier alpha value is -2.09. The molecule has 1 aliphatic rings. The normalized spacial score (nSPS) is 15.1. The molecule has 0 saturated heterocycles. The van der Waals surface area contributed by atoms with Crippen molar-refractivity contribution in [3.8, 4) is 11.1 Å². The SMILES string of the molecule is NC(=O)c1cccc(-c2cccc(CCCCCC3CCCCC3)c2)c1. The molecule has 0 aliphatic heterocycles. The second-order valence-corrected chi connectivity index (χ2v) is 7.75. The predicted molar refractivity (Wildman–Crippen MR) is 109 cm³/mol. The maximum absolute atomic E-state index is 11.4. The Morgan fingerprint density at radius 2 is 1.62 bits per heavy atom. The van der Waals surface area contributed by atoms with Gasteiger partial charge in [0.15, 0.2) is 0 Å². The van der Waals surface area contributed by atoms with E-state index in [2.05, 4.69) is 24.3 Å². The molecule has 0 heterocycles. The summed E-state index contributed by atoms with van der Waals surface area (Å²) >= 11 is 0. The number of hydrogen-bond donors (Lipinski definition) is 1. The Morgan fingerprint density at radius 3 is 2.38 bits per heavy atom. The molecule has 1 saturated carbocycles. The first-order chi connectivity index (χ1) is 12.7. The second kappa shape index (κ2) is 9.56. The average Bonchev–Trinajstić information content (AvgIpc) is 2.69. The van der Waals surface area contributed by atoms with E-state index in [1.165, 1.54) is 63.4 Å². The smallest absolute Gasteiger partial charge is 0.248 e. The fourth-order valence-electron chi connectivity index (χ4n) is 4.17. The van der Waals surface area contributed by atoms with Crippen LogP contribution in [0.5, 0.6) is 0 Å². The lowest BCUT2D eigenvalue weighted by atomic mass is 9.85. The summed E-state index contributed by atoms with van der Waals surface area (Å²) in [5.41, 5.74) is 9.56. The summed E-state index contributed by atoms with van der Waals surface area (Å²) in [7, 11) is 0. The van der Waals surface area contributed by atoms with Crippen LogP contribution in [-0.2, 0) is 6.42 Å². The van der Waals surface area contributed by atoms with Crippen LogP contribution in [0.1, 0.15) is 73.7 Å². The van der Waals surface area contributed by atoms with Gasteiger partial charge in [0, 0.05) is 5.56 Å². The minimum Gasteiger partial charge on any atom is -0.366 e. The summed E-state index contributed by atoms with van der Waals surface area (Å²) in [4.78, 5) is 11.4. The number of unbranched alkanes of at least 4 members (excludes halogenated alkanes) is 2. The molecular weight excluding hydrogens is 318 g/mol. The number of amides is 1. The summed E-state index contributed by atoms with van der Waals surface area (Å²) in [6.45, 7) is 0. The van der Waals surface area contributed by atoms with Crippen molar-refractivity contribution < 1.29 is 4.79 Å². The molecule has 1 fully saturated rings. The summed E-state index contributed by atoms with van der Waals surface area (Å²) in [6, 6.07) is 16.3. The van der Waals surface area contributed by atoms with Gasteiger partial charge in [0.2, 0.25) is 5.91 Å². The van der Waals surface area contributed by atoms with Crippen molar-refractivity contribution in [3.05, 3.63) is 59.7 Å². The number of benzene rings is 2. The maximum atomic E-state index is 11.4. The van der Waals surface area contributed by atoms with Crippen LogP contribution >= 0.6 is 0 Å². The molecule has 0 atom stereocenters. The summed E-state index contributed by atoms with van der Waals surface area (Å²) in [5, 5.41) is 0. The van der Waals surface area contributed by atoms with Gasteiger partial charge in [-0.1, -0.05) is 87.8 Å². The van der Waals surface area contributed by atoms with Gasteiger partial charge >= 0.3 is 0 Å². The molecule has 0 radical (unpaired) electrons. The molecule has 26 heavy (non-hydrogen) atoms. The van der Waals surface area contributed by atoms with Crippen molar-refractivity contribution in [2.45, 2.75) is 64.2 Å². The number of rotatable bonds is 8. The fraction of sp³-hybridized carbons (Fsp3) is 0.458. The molecule has 0 spiro atoms. The van der Waals surface area contributed by atoms with Crippen molar-refractivity contribution in [3.63, 3.8) is 0 Å². The topological polar surface area (TPSA) is 43.1 Å². The molecule has 138 valence electrons. The molecule has 0 unspecified atom stereocenters. The van der Waals surface area contributed by atoms with Crippen molar-refractivity contribution in [2.24, 2.45) is 11.7 Å². The summed E-state index contributed by atoms with van der Waals surface area (Å²) < 4.78 is 0. The van der Waals surface area contributed by atoms with Gasteiger partial charge in [-0.2, -0.15) is 0 Å². The van der Waals surface area contributed by atoms with E-state index in [9.17, 15) is 4.79 Å². The van der Waals surface area contributed by atoms with E-state index < -0.39 is 0 Å². The van der Waals surface area contributed by atoms with E-state index in [-0.39, 0.29) is 5.91 Å². The molecule has 0 aromatic heterocycles. The molecule has 2 aromatic carbocycles. The quantitative estimate of drug-likeness (QED) is 0.572. The van der Waals surface area contributed by atoms with E-state index in [4.69, 9.17) is 5.73 Å². The standard InChI is InChI=1S/C24H31NO/c25-24(26)23-16-8-15-22(18-23)21-14-7-13-20(17-21)12-6-2-5-11-19-9-3-1-4-10-19/h7-8,13-19H,1-6,9-12H2,(H2,25,26). The lowest BCUT2D eigenvalue weighted by molar-refractivity contribution is 0.100. The minimum absolute atomic E-state index is 0.374. The molecule has 1 aliphatic carbocycles. The van der Waals surface area contributed by atoms with Gasteiger partial charge < -0.3 is 5.73 Å². The van der Waals surface area contributed by atoms with Gasteiger partial charge in [0.25, 0.3) is 0 Å². The lowest BCUT2D eigenvalue weighted by Crippen LogP contribution is -2.10. The highest BCUT2D eigenvalue weighted by Gasteiger charge is 2.12. The Bertz CT molecular complexity index is 716. The Kier molecular flexibility index (Phi) is 6.88. The number of carbonyl (C=O) groups excluding carboxylic acids is 1. The third-order valence-electron chi connectivity index (χ3n) is 5.71. The largest absolute Gasteiger partial charge is 0.366 e. The first kappa shape index (κ1) is 18.7. The third-order valence-corrected chi connectivity index (χ3v) is 5.71. The van der Waals surface area contributed by atoms with Gasteiger partial charge in [0.05, 0.1) is 0 Å². The second-order valence-electron chi connectivity index (χ2n) is 7.75. The van der Waals surface area contributed by atoms with Crippen molar-refractivity contribution in [2.75, 3.05) is 0 Å². The van der Waals surface area contributed by atoms with Crippen LogP contribution in [0.4, 0.5) is 0 Å². The van der Waals surface area contributed by atoms with Gasteiger partial charge in [-0.15, -0.1) is 0 Å². The maximum Gasteiger partial charge on any atom is 0.248 e. The van der Waals surface area contributed by atoms with Crippen LogP contribution in [0, 0.1) is 5.92 Å². The predicted octanol–water partition coefficient (Wildman–Crippen LogP) is 6.14. The van der Waals surface area contributed by atoms with Crippen LogP contribution in [0.15, 0.2) is 48.5 Å². The highest BCUT2D eigenvalue weighted by molar-refractivity contribution is 5.94. The Labute approximate surface area is 157 Å². The Morgan fingerprint density at radius 1 is 0.885 bits per heavy atom. The van der Waals surface area contributed by atoms with Gasteiger partial charge in [-0.25, -0.2) is 0 Å². The van der Waals surface area contributed by atoms with E-state index >= 15 is 0 Å². The molecule has 2 N–H and O–H groups in total. The zero-order valence-electron chi connectivity index (χ0n) is 15.8. The van der Waals surface area contributed by atoms with Gasteiger partial charge in [-0.05, 0) is 47.6 Å².